The van der Waals surface area contributed by atoms with E-state index in [4.69, 9.17) is 10.8 Å². The molecular weight excluding hydrogens is 252 g/mol. The first-order valence-corrected chi connectivity index (χ1v) is 6.44. The minimum atomic E-state index is -0.372. The summed E-state index contributed by atoms with van der Waals surface area (Å²) in [5, 5.41) is 9.14. The van der Waals surface area contributed by atoms with Gasteiger partial charge < -0.3 is 15.4 Å². The van der Waals surface area contributed by atoms with E-state index in [1.807, 2.05) is 41.9 Å². The van der Waals surface area contributed by atoms with Crippen molar-refractivity contribution < 1.29 is 5.11 Å². The van der Waals surface area contributed by atoms with Crippen LogP contribution in [0.5, 0.6) is 0 Å². The average molecular weight is 268 g/mol. The van der Waals surface area contributed by atoms with E-state index in [0.29, 0.717) is 0 Å². The Morgan fingerprint density at radius 2 is 2.20 bits per heavy atom. The number of aromatic nitrogens is 3. The molecule has 0 radical (unpaired) electrons. The Kier molecular flexibility index (Phi) is 3.22. The summed E-state index contributed by atoms with van der Waals surface area (Å²) in [5.74, 6) is 0.864. The molecule has 1 atom stereocenters. The molecule has 0 spiro atoms. The maximum Gasteiger partial charge on any atom is 0.142 e. The summed E-state index contributed by atoms with van der Waals surface area (Å²) in [5.41, 5.74) is 9.60. The topological polar surface area (TPSA) is 77.0 Å². The largest absolute Gasteiger partial charge is 0.394 e. The van der Waals surface area contributed by atoms with E-state index in [0.717, 1.165) is 28.0 Å². The van der Waals surface area contributed by atoms with Crippen molar-refractivity contribution in [3.8, 4) is 11.4 Å². The van der Waals surface area contributed by atoms with E-state index in [2.05, 4.69) is 9.97 Å². The summed E-state index contributed by atoms with van der Waals surface area (Å²) >= 11 is 0. The maximum absolute atomic E-state index is 9.14. The number of pyridine rings is 1. The molecule has 0 fully saturated rings. The molecule has 0 aliphatic rings. The van der Waals surface area contributed by atoms with E-state index in [1.165, 1.54) is 0 Å². The smallest absolute Gasteiger partial charge is 0.142 e. The third-order valence-electron chi connectivity index (χ3n) is 3.45. The molecule has 0 bridgehead atoms. The lowest BCUT2D eigenvalue weighted by atomic mass is 10.1. The fourth-order valence-corrected chi connectivity index (χ4v) is 2.31. The summed E-state index contributed by atoms with van der Waals surface area (Å²) in [6.07, 6.45) is 3.53. The quantitative estimate of drug-likeness (QED) is 0.757. The van der Waals surface area contributed by atoms with Crippen molar-refractivity contribution >= 4 is 11.0 Å². The second-order valence-electron chi connectivity index (χ2n) is 4.77. The molecule has 1 aromatic carbocycles. The van der Waals surface area contributed by atoms with Crippen LogP contribution in [0.2, 0.25) is 0 Å². The molecule has 5 heteroatoms. The molecule has 0 aliphatic carbocycles. The van der Waals surface area contributed by atoms with Crippen LogP contribution in [-0.4, -0.2) is 26.2 Å². The van der Waals surface area contributed by atoms with Gasteiger partial charge in [0.25, 0.3) is 0 Å². The number of rotatable bonds is 3. The molecule has 2 heterocycles. The molecule has 3 rings (SSSR count). The van der Waals surface area contributed by atoms with Gasteiger partial charge in [-0.15, -0.1) is 0 Å². The van der Waals surface area contributed by atoms with Crippen LogP contribution in [0, 0.1) is 0 Å². The number of hydrogen-bond donors (Lipinski definition) is 2. The van der Waals surface area contributed by atoms with E-state index >= 15 is 0 Å². The van der Waals surface area contributed by atoms with Crippen molar-refractivity contribution in [2.24, 2.45) is 12.8 Å². The van der Waals surface area contributed by atoms with Crippen LogP contribution >= 0.6 is 0 Å². The van der Waals surface area contributed by atoms with Gasteiger partial charge in [-0.2, -0.15) is 0 Å². The molecule has 1 unspecified atom stereocenters. The number of hydrogen-bond acceptors (Lipinski definition) is 4. The predicted octanol–water partition coefficient (Wildman–Crippen LogP) is 1.63. The zero-order valence-corrected chi connectivity index (χ0v) is 11.2. The molecule has 0 amide bonds. The molecule has 20 heavy (non-hydrogen) atoms. The Bertz CT molecular complexity index is 736. The van der Waals surface area contributed by atoms with Gasteiger partial charge in [0.05, 0.1) is 23.7 Å². The Labute approximate surface area is 116 Å². The van der Waals surface area contributed by atoms with E-state index < -0.39 is 0 Å². The van der Waals surface area contributed by atoms with Gasteiger partial charge in [-0.1, -0.05) is 6.07 Å². The van der Waals surface area contributed by atoms with Crippen LogP contribution in [-0.2, 0) is 7.05 Å². The lowest BCUT2D eigenvalue weighted by Crippen LogP contribution is -2.14. The van der Waals surface area contributed by atoms with Crippen LogP contribution in [0.15, 0.2) is 42.7 Å². The first-order chi connectivity index (χ1) is 9.70. The normalized spacial score (nSPS) is 12.8. The van der Waals surface area contributed by atoms with Crippen molar-refractivity contribution in [2.45, 2.75) is 6.04 Å². The third-order valence-corrected chi connectivity index (χ3v) is 3.45. The van der Waals surface area contributed by atoms with Gasteiger partial charge in [0.1, 0.15) is 5.82 Å². The Balaban J connectivity index is 2.15. The second-order valence-corrected chi connectivity index (χ2v) is 4.77. The number of aliphatic hydroxyl groups is 1. The summed E-state index contributed by atoms with van der Waals surface area (Å²) in [6, 6.07) is 9.33. The maximum atomic E-state index is 9.14. The Hall–Kier alpha value is -2.24. The van der Waals surface area contributed by atoms with Gasteiger partial charge in [-0.25, -0.2) is 4.98 Å². The minimum absolute atomic E-state index is 0.0756. The van der Waals surface area contributed by atoms with Gasteiger partial charge in [0.2, 0.25) is 0 Å². The molecule has 3 aromatic rings. The number of nitrogens with two attached hydrogens (primary N) is 1. The van der Waals surface area contributed by atoms with Gasteiger partial charge in [-0.3, -0.25) is 4.98 Å². The van der Waals surface area contributed by atoms with Gasteiger partial charge in [0, 0.05) is 25.0 Å². The fraction of sp³-hybridized carbons (Fsp3) is 0.200. The SMILES string of the molecule is Cn1c(-c2cccnc2)nc2cc(C(N)CO)ccc21. The Morgan fingerprint density at radius 3 is 2.90 bits per heavy atom. The number of benzene rings is 1. The third kappa shape index (κ3) is 2.07. The van der Waals surface area contributed by atoms with E-state index in [9.17, 15) is 0 Å². The highest BCUT2D eigenvalue weighted by molar-refractivity contribution is 5.81. The summed E-state index contributed by atoms with van der Waals surface area (Å²) in [6.45, 7) is -0.0756. The standard InChI is InChI=1S/C15H16N4O/c1-19-14-5-4-10(12(16)9-20)7-13(14)18-15(19)11-3-2-6-17-8-11/h2-8,12,20H,9,16H2,1H3. The first kappa shape index (κ1) is 12.8. The number of imidazole rings is 1. The second kappa shape index (κ2) is 5.03. The summed E-state index contributed by atoms with van der Waals surface area (Å²) in [4.78, 5) is 8.77. The van der Waals surface area contributed by atoms with Crippen LogP contribution in [0.3, 0.4) is 0 Å². The highest BCUT2D eigenvalue weighted by Crippen LogP contribution is 2.25. The molecule has 0 aliphatic heterocycles. The van der Waals surface area contributed by atoms with E-state index in [-0.39, 0.29) is 12.6 Å². The van der Waals surface area contributed by atoms with Crippen LogP contribution in [0.4, 0.5) is 0 Å². The van der Waals surface area contributed by atoms with Gasteiger partial charge >= 0.3 is 0 Å². The zero-order chi connectivity index (χ0) is 14.1. The number of nitrogens with zero attached hydrogens (tertiary/aromatic N) is 3. The number of aliphatic hydroxyl groups excluding tert-OH is 1. The molecular formula is C15H16N4O. The minimum Gasteiger partial charge on any atom is -0.394 e. The zero-order valence-electron chi connectivity index (χ0n) is 11.2. The lowest BCUT2D eigenvalue weighted by molar-refractivity contribution is 0.268. The van der Waals surface area contributed by atoms with Gasteiger partial charge in [0.15, 0.2) is 0 Å². The monoisotopic (exact) mass is 268 g/mol. The molecule has 2 aromatic heterocycles. The summed E-state index contributed by atoms with van der Waals surface area (Å²) in [7, 11) is 1.98. The fourth-order valence-electron chi connectivity index (χ4n) is 2.31. The van der Waals surface area contributed by atoms with Gasteiger partial charge in [-0.05, 0) is 29.8 Å². The molecule has 0 saturated carbocycles. The van der Waals surface area contributed by atoms with Crippen molar-refractivity contribution in [1.82, 2.24) is 14.5 Å². The first-order valence-electron chi connectivity index (χ1n) is 6.44. The van der Waals surface area contributed by atoms with Crippen LogP contribution in [0.25, 0.3) is 22.4 Å². The molecule has 0 saturated heterocycles. The number of fused-ring (bicyclic) bond motifs is 1. The molecule has 5 nitrogen and oxygen atoms in total. The lowest BCUT2D eigenvalue weighted by Gasteiger charge is -2.07. The van der Waals surface area contributed by atoms with Crippen molar-refractivity contribution in [3.63, 3.8) is 0 Å². The highest BCUT2D eigenvalue weighted by Gasteiger charge is 2.12. The van der Waals surface area contributed by atoms with Crippen molar-refractivity contribution in [2.75, 3.05) is 6.61 Å². The number of aryl methyl sites for hydroxylation is 1. The molecule has 102 valence electrons. The van der Waals surface area contributed by atoms with E-state index in [1.54, 1.807) is 12.4 Å². The molecule has 3 N–H and O–H groups in total. The average Bonchev–Trinajstić information content (AvgIpc) is 2.84. The van der Waals surface area contributed by atoms with Crippen LogP contribution < -0.4 is 5.73 Å². The van der Waals surface area contributed by atoms with Crippen LogP contribution in [0.1, 0.15) is 11.6 Å². The highest BCUT2D eigenvalue weighted by atomic mass is 16.3. The van der Waals surface area contributed by atoms with Crippen molar-refractivity contribution in [1.29, 1.82) is 0 Å². The predicted molar refractivity (Wildman–Crippen MR) is 78.0 cm³/mol. The van der Waals surface area contributed by atoms with Crippen molar-refractivity contribution in [3.05, 3.63) is 48.3 Å². The Morgan fingerprint density at radius 1 is 1.35 bits per heavy atom. The summed E-state index contributed by atoms with van der Waals surface area (Å²) < 4.78 is 2.03.